The van der Waals surface area contributed by atoms with Crippen LogP contribution in [0.1, 0.15) is 18.4 Å². The summed E-state index contributed by atoms with van der Waals surface area (Å²) in [6, 6.07) is 5.34. The van der Waals surface area contributed by atoms with Crippen molar-refractivity contribution in [2.75, 3.05) is 13.1 Å². The monoisotopic (exact) mass is 271 g/mol. The SMILES string of the molecule is Fc1cc(Br)ccc1CC1CCCNC1. The molecule has 1 unspecified atom stereocenters. The van der Waals surface area contributed by atoms with Gasteiger partial charge in [-0.25, -0.2) is 4.39 Å². The normalized spacial score (nSPS) is 21.6. The van der Waals surface area contributed by atoms with E-state index in [-0.39, 0.29) is 5.82 Å². The van der Waals surface area contributed by atoms with E-state index in [4.69, 9.17) is 0 Å². The Morgan fingerprint density at radius 3 is 3.00 bits per heavy atom. The lowest BCUT2D eigenvalue weighted by Crippen LogP contribution is -2.31. The van der Waals surface area contributed by atoms with E-state index in [9.17, 15) is 4.39 Å². The second-order valence-electron chi connectivity index (χ2n) is 4.15. The Kier molecular flexibility index (Phi) is 3.76. The molecule has 1 N–H and O–H groups in total. The van der Waals surface area contributed by atoms with Gasteiger partial charge in [-0.2, -0.15) is 0 Å². The highest BCUT2D eigenvalue weighted by Crippen LogP contribution is 2.21. The molecule has 0 bridgehead atoms. The summed E-state index contributed by atoms with van der Waals surface area (Å²) in [6.07, 6.45) is 3.28. The van der Waals surface area contributed by atoms with E-state index in [2.05, 4.69) is 21.2 Å². The third kappa shape index (κ3) is 3.02. The van der Waals surface area contributed by atoms with Crippen LogP contribution < -0.4 is 5.32 Å². The van der Waals surface area contributed by atoms with Crippen LogP contribution >= 0.6 is 15.9 Å². The molecule has 1 heterocycles. The molecule has 1 atom stereocenters. The summed E-state index contributed by atoms with van der Waals surface area (Å²) >= 11 is 3.27. The molecule has 0 amide bonds. The van der Waals surface area contributed by atoms with Crippen molar-refractivity contribution in [3.8, 4) is 0 Å². The van der Waals surface area contributed by atoms with Gasteiger partial charge in [-0.1, -0.05) is 22.0 Å². The number of rotatable bonds is 2. The minimum absolute atomic E-state index is 0.0880. The molecule has 0 spiro atoms. The third-order valence-electron chi connectivity index (χ3n) is 2.92. The fourth-order valence-electron chi connectivity index (χ4n) is 2.10. The summed E-state index contributed by atoms with van der Waals surface area (Å²) in [5.74, 6) is 0.504. The molecule has 0 radical (unpaired) electrons. The van der Waals surface area contributed by atoms with Crippen molar-refractivity contribution in [2.24, 2.45) is 5.92 Å². The van der Waals surface area contributed by atoms with E-state index in [1.807, 2.05) is 12.1 Å². The quantitative estimate of drug-likeness (QED) is 0.872. The Bertz CT molecular complexity index is 334. The molecule has 1 nitrogen and oxygen atoms in total. The number of hydrogen-bond acceptors (Lipinski definition) is 1. The summed E-state index contributed by atoms with van der Waals surface area (Å²) in [6.45, 7) is 2.13. The van der Waals surface area contributed by atoms with E-state index in [0.717, 1.165) is 29.5 Å². The van der Waals surface area contributed by atoms with Gasteiger partial charge in [0.25, 0.3) is 0 Å². The zero-order valence-electron chi connectivity index (χ0n) is 8.60. The highest BCUT2D eigenvalue weighted by molar-refractivity contribution is 9.10. The molecule has 2 rings (SSSR count). The standard InChI is InChI=1S/C12H15BrFN/c13-11-4-3-10(12(14)7-11)6-9-2-1-5-15-8-9/h3-4,7,9,15H,1-2,5-6,8H2. The largest absolute Gasteiger partial charge is 0.316 e. The molecule has 0 saturated carbocycles. The number of benzene rings is 1. The van der Waals surface area contributed by atoms with E-state index < -0.39 is 0 Å². The molecular weight excluding hydrogens is 257 g/mol. The molecule has 1 aliphatic rings. The maximum absolute atomic E-state index is 13.6. The first-order valence-corrected chi connectivity index (χ1v) is 6.19. The van der Waals surface area contributed by atoms with Crippen molar-refractivity contribution < 1.29 is 4.39 Å². The Morgan fingerprint density at radius 2 is 2.33 bits per heavy atom. The molecule has 3 heteroatoms. The Hall–Kier alpha value is -0.410. The summed E-state index contributed by atoms with van der Waals surface area (Å²) in [7, 11) is 0. The highest BCUT2D eigenvalue weighted by Gasteiger charge is 2.15. The van der Waals surface area contributed by atoms with Gasteiger partial charge >= 0.3 is 0 Å². The van der Waals surface area contributed by atoms with Gasteiger partial charge in [0.2, 0.25) is 0 Å². The van der Waals surface area contributed by atoms with Gasteiger partial charge in [0.1, 0.15) is 5.82 Å². The number of hydrogen-bond donors (Lipinski definition) is 1. The second-order valence-corrected chi connectivity index (χ2v) is 5.07. The van der Waals surface area contributed by atoms with Gasteiger partial charge in [0.05, 0.1) is 0 Å². The van der Waals surface area contributed by atoms with Gasteiger partial charge in [-0.05, 0) is 56.0 Å². The minimum atomic E-state index is -0.0880. The lowest BCUT2D eigenvalue weighted by molar-refractivity contribution is 0.372. The van der Waals surface area contributed by atoms with Crippen molar-refractivity contribution in [2.45, 2.75) is 19.3 Å². The Balaban J connectivity index is 2.03. The van der Waals surface area contributed by atoms with Crippen molar-refractivity contribution in [1.29, 1.82) is 0 Å². The van der Waals surface area contributed by atoms with Crippen molar-refractivity contribution in [3.63, 3.8) is 0 Å². The van der Waals surface area contributed by atoms with Gasteiger partial charge in [-0.15, -0.1) is 0 Å². The Morgan fingerprint density at radius 1 is 1.47 bits per heavy atom. The maximum Gasteiger partial charge on any atom is 0.127 e. The lowest BCUT2D eigenvalue weighted by Gasteiger charge is -2.22. The van der Waals surface area contributed by atoms with Crippen LogP contribution in [0.5, 0.6) is 0 Å². The van der Waals surface area contributed by atoms with Crippen LogP contribution in [0.3, 0.4) is 0 Å². The first-order valence-electron chi connectivity index (χ1n) is 5.40. The fraction of sp³-hybridized carbons (Fsp3) is 0.500. The van der Waals surface area contributed by atoms with Crippen LogP contribution in [0.4, 0.5) is 4.39 Å². The molecule has 82 valence electrons. The van der Waals surface area contributed by atoms with Crippen molar-refractivity contribution >= 4 is 15.9 Å². The molecule has 1 aliphatic heterocycles. The fourth-order valence-corrected chi connectivity index (χ4v) is 2.43. The predicted molar refractivity (Wildman–Crippen MR) is 63.4 cm³/mol. The summed E-state index contributed by atoms with van der Waals surface area (Å²) in [5.41, 5.74) is 0.840. The first-order chi connectivity index (χ1) is 7.25. The van der Waals surface area contributed by atoms with Crippen LogP contribution in [0, 0.1) is 11.7 Å². The van der Waals surface area contributed by atoms with Crippen LogP contribution in [0.15, 0.2) is 22.7 Å². The van der Waals surface area contributed by atoms with E-state index in [0.29, 0.717) is 5.92 Å². The van der Waals surface area contributed by atoms with Crippen LogP contribution in [-0.4, -0.2) is 13.1 Å². The van der Waals surface area contributed by atoms with Gasteiger partial charge < -0.3 is 5.32 Å². The first kappa shape index (κ1) is 11.1. The van der Waals surface area contributed by atoms with Crippen LogP contribution in [-0.2, 0) is 6.42 Å². The highest BCUT2D eigenvalue weighted by atomic mass is 79.9. The Labute approximate surface area is 98.2 Å². The summed E-state index contributed by atoms with van der Waals surface area (Å²) in [5, 5.41) is 3.35. The molecule has 1 fully saturated rings. The number of nitrogens with one attached hydrogen (secondary N) is 1. The zero-order chi connectivity index (χ0) is 10.7. The predicted octanol–water partition coefficient (Wildman–Crippen LogP) is 3.13. The summed E-state index contributed by atoms with van der Waals surface area (Å²) < 4.78 is 14.4. The minimum Gasteiger partial charge on any atom is -0.316 e. The maximum atomic E-state index is 13.6. The second kappa shape index (κ2) is 5.08. The van der Waals surface area contributed by atoms with Crippen molar-refractivity contribution in [1.82, 2.24) is 5.32 Å². The van der Waals surface area contributed by atoms with E-state index in [1.165, 1.54) is 12.8 Å². The topological polar surface area (TPSA) is 12.0 Å². The van der Waals surface area contributed by atoms with Crippen LogP contribution in [0.2, 0.25) is 0 Å². The number of piperidine rings is 1. The van der Waals surface area contributed by atoms with E-state index in [1.54, 1.807) is 6.07 Å². The lowest BCUT2D eigenvalue weighted by atomic mass is 9.92. The molecular formula is C12H15BrFN. The van der Waals surface area contributed by atoms with Crippen LogP contribution in [0.25, 0.3) is 0 Å². The summed E-state index contributed by atoms with van der Waals surface area (Å²) in [4.78, 5) is 0. The smallest absolute Gasteiger partial charge is 0.127 e. The molecule has 1 aromatic rings. The third-order valence-corrected chi connectivity index (χ3v) is 3.42. The van der Waals surface area contributed by atoms with E-state index >= 15 is 0 Å². The zero-order valence-corrected chi connectivity index (χ0v) is 10.2. The number of halogens is 2. The molecule has 0 aromatic heterocycles. The van der Waals surface area contributed by atoms with Gasteiger partial charge in [-0.3, -0.25) is 0 Å². The van der Waals surface area contributed by atoms with Gasteiger partial charge in [0.15, 0.2) is 0 Å². The van der Waals surface area contributed by atoms with Crippen molar-refractivity contribution in [3.05, 3.63) is 34.1 Å². The molecule has 15 heavy (non-hydrogen) atoms. The molecule has 1 aromatic carbocycles. The average Bonchev–Trinajstić information content (AvgIpc) is 2.24. The van der Waals surface area contributed by atoms with Gasteiger partial charge in [0, 0.05) is 4.47 Å². The molecule has 1 saturated heterocycles. The average molecular weight is 272 g/mol. The molecule has 0 aliphatic carbocycles.